The van der Waals surface area contributed by atoms with Crippen LogP contribution in [0, 0.1) is 5.92 Å². The van der Waals surface area contributed by atoms with Crippen molar-refractivity contribution in [2.45, 2.75) is 26.4 Å². The molecule has 1 aromatic rings. The summed E-state index contributed by atoms with van der Waals surface area (Å²) >= 11 is 0. The van der Waals surface area contributed by atoms with Crippen LogP contribution in [-0.2, 0) is 30.9 Å². The van der Waals surface area contributed by atoms with Crippen LogP contribution in [-0.4, -0.2) is 50.6 Å². The van der Waals surface area contributed by atoms with Gasteiger partial charge in [-0.15, -0.1) is 0 Å². The highest BCUT2D eigenvalue weighted by Gasteiger charge is 2.31. The van der Waals surface area contributed by atoms with Gasteiger partial charge in [0.2, 0.25) is 15.8 Å². The monoisotopic (exact) mass is 359 g/mol. The third-order valence-corrected chi connectivity index (χ3v) is 5.91. The highest BCUT2D eigenvalue weighted by Crippen LogP contribution is 2.22. The Balaban J connectivity index is 1.87. The summed E-state index contributed by atoms with van der Waals surface area (Å²) in [4.78, 5) is 23.6. The minimum absolute atomic E-state index is 0.00848. The van der Waals surface area contributed by atoms with Crippen LogP contribution in [0.1, 0.15) is 35.9 Å². The first-order valence-corrected chi connectivity index (χ1v) is 9.29. The van der Waals surface area contributed by atoms with Gasteiger partial charge in [-0.05, 0) is 25.8 Å². The third kappa shape index (κ3) is 4.15. The summed E-state index contributed by atoms with van der Waals surface area (Å²) in [7, 11) is -1.98. The lowest BCUT2D eigenvalue weighted by Crippen LogP contribution is -2.41. The molecule has 0 bridgehead atoms. The van der Waals surface area contributed by atoms with Gasteiger partial charge in [0.1, 0.15) is 6.61 Å². The maximum atomic E-state index is 12.1. The maximum Gasteiger partial charge on any atom is 0.374 e. The van der Waals surface area contributed by atoms with E-state index in [9.17, 15) is 18.0 Å². The minimum Gasteiger partial charge on any atom is -0.463 e. The second kappa shape index (κ2) is 7.80. The van der Waals surface area contributed by atoms with Crippen LogP contribution < -0.4 is 0 Å². The van der Waals surface area contributed by atoms with Crippen molar-refractivity contribution in [3.63, 3.8) is 0 Å². The molecule has 134 valence electrons. The molecule has 2 rings (SSSR count). The number of methoxy groups -OCH3 is 1. The second-order valence-electron chi connectivity index (χ2n) is 5.45. The molecule has 1 aliphatic heterocycles. The summed E-state index contributed by atoms with van der Waals surface area (Å²) < 4.78 is 39.8. The van der Waals surface area contributed by atoms with E-state index in [1.807, 2.05) is 0 Å². The van der Waals surface area contributed by atoms with Crippen molar-refractivity contribution >= 4 is 22.0 Å². The van der Waals surface area contributed by atoms with Gasteiger partial charge in [0.25, 0.3) is 0 Å². The molecule has 0 aliphatic carbocycles. The van der Waals surface area contributed by atoms with E-state index in [1.165, 1.54) is 23.7 Å². The van der Waals surface area contributed by atoms with Gasteiger partial charge in [0, 0.05) is 18.7 Å². The Labute approximate surface area is 140 Å². The molecule has 1 fully saturated rings. The van der Waals surface area contributed by atoms with E-state index < -0.39 is 22.0 Å². The Hall–Kier alpha value is -1.87. The van der Waals surface area contributed by atoms with Crippen LogP contribution in [0.4, 0.5) is 0 Å². The Morgan fingerprint density at radius 3 is 2.58 bits per heavy atom. The quantitative estimate of drug-likeness (QED) is 0.702. The van der Waals surface area contributed by atoms with E-state index in [4.69, 9.17) is 9.15 Å². The number of carbonyl (C=O) groups is 2. The number of furan rings is 1. The Kier molecular flexibility index (Phi) is 6.00. The number of esters is 2. The fourth-order valence-corrected chi connectivity index (χ4v) is 3.67. The van der Waals surface area contributed by atoms with E-state index >= 15 is 0 Å². The first kappa shape index (κ1) is 18.5. The van der Waals surface area contributed by atoms with E-state index in [-0.39, 0.29) is 24.0 Å². The van der Waals surface area contributed by atoms with Crippen LogP contribution in [0.5, 0.6) is 0 Å². The Bertz CT molecular complexity index is 686. The van der Waals surface area contributed by atoms with Gasteiger partial charge in [-0.3, -0.25) is 4.79 Å². The second-order valence-corrected chi connectivity index (χ2v) is 7.71. The predicted molar refractivity (Wildman–Crippen MR) is 83.6 cm³/mol. The zero-order chi connectivity index (χ0) is 17.7. The maximum absolute atomic E-state index is 12.1. The molecule has 8 nitrogen and oxygen atoms in total. The van der Waals surface area contributed by atoms with E-state index in [1.54, 1.807) is 6.92 Å². The van der Waals surface area contributed by atoms with Gasteiger partial charge in [0.05, 0.1) is 25.0 Å². The fourth-order valence-electron chi connectivity index (χ4n) is 2.54. The molecule has 0 aromatic carbocycles. The van der Waals surface area contributed by atoms with Crippen molar-refractivity contribution < 1.29 is 31.9 Å². The molecule has 1 saturated heterocycles. The lowest BCUT2D eigenvalue weighted by Gasteiger charge is -2.29. The average Bonchev–Trinajstić information content (AvgIpc) is 3.07. The molecule has 24 heavy (non-hydrogen) atoms. The number of rotatable bonds is 6. The molecule has 0 amide bonds. The largest absolute Gasteiger partial charge is 0.463 e. The smallest absolute Gasteiger partial charge is 0.374 e. The standard InChI is InChI=1S/C15H21NO7S/c1-3-24(19,20)16-7-4-11(5-8-16)14(17)23-10-12-6-9-22-13(12)15(18)21-2/h6,9,11H,3-5,7-8,10H2,1-2H3. The fraction of sp³-hybridized carbons (Fsp3) is 0.600. The molecule has 0 unspecified atom stereocenters. The van der Waals surface area contributed by atoms with Gasteiger partial charge in [-0.2, -0.15) is 0 Å². The van der Waals surface area contributed by atoms with Crippen LogP contribution in [0.15, 0.2) is 16.7 Å². The molecule has 2 heterocycles. The molecule has 0 saturated carbocycles. The molecule has 1 aliphatic rings. The molecule has 0 N–H and O–H groups in total. The van der Waals surface area contributed by atoms with Gasteiger partial charge in [-0.25, -0.2) is 17.5 Å². The first-order valence-electron chi connectivity index (χ1n) is 7.68. The van der Waals surface area contributed by atoms with E-state index in [2.05, 4.69) is 4.74 Å². The summed E-state index contributed by atoms with van der Waals surface area (Å²) in [6.07, 6.45) is 2.17. The predicted octanol–water partition coefficient (Wildman–Crippen LogP) is 1.17. The van der Waals surface area contributed by atoms with Gasteiger partial charge in [0.15, 0.2) is 0 Å². The van der Waals surface area contributed by atoms with Gasteiger partial charge < -0.3 is 13.9 Å². The normalized spacial score (nSPS) is 16.8. The number of ether oxygens (including phenoxy) is 2. The summed E-state index contributed by atoms with van der Waals surface area (Å²) in [6.45, 7) is 2.14. The zero-order valence-electron chi connectivity index (χ0n) is 13.7. The lowest BCUT2D eigenvalue weighted by atomic mass is 9.98. The van der Waals surface area contributed by atoms with E-state index in [0.29, 0.717) is 31.5 Å². The van der Waals surface area contributed by atoms with Crippen molar-refractivity contribution in [3.8, 4) is 0 Å². The van der Waals surface area contributed by atoms with Crippen LogP contribution in [0.3, 0.4) is 0 Å². The van der Waals surface area contributed by atoms with Crippen molar-refractivity contribution in [1.82, 2.24) is 4.31 Å². The number of hydrogen-bond donors (Lipinski definition) is 0. The topological polar surface area (TPSA) is 103 Å². The molecule has 0 radical (unpaired) electrons. The highest BCUT2D eigenvalue weighted by atomic mass is 32.2. The lowest BCUT2D eigenvalue weighted by molar-refractivity contribution is -0.151. The first-order chi connectivity index (χ1) is 11.4. The molecule has 0 spiro atoms. The third-order valence-electron chi connectivity index (χ3n) is 4.03. The molecule has 9 heteroatoms. The number of carbonyl (C=O) groups excluding carboxylic acids is 2. The SMILES string of the molecule is CCS(=O)(=O)N1CCC(C(=O)OCc2ccoc2C(=O)OC)CC1. The highest BCUT2D eigenvalue weighted by molar-refractivity contribution is 7.89. The average molecular weight is 359 g/mol. The van der Waals surface area contributed by atoms with Gasteiger partial charge in [-0.1, -0.05) is 0 Å². The summed E-state index contributed by atoms with van der Waals surface area (Å²) in [5.41, 5.74) is 0.432. The summed E-state index contributed by atoms with van der Waals surface area (Å²) in [5.74, 6) is -1.32. The van der Waals surface area contributed by atoms with Gasteiger partial charge >= 0.3 is 11.9 Å². The zero-order valence-corrected chi connectivity index (χ0v) is 14.5. The molecule has 0 atom stereocenters. The summed E-state index contributed by atoms with van der Waals surface area (Å²) in [6, 6.07) is 1.54. The molecular formula is C15H21NO7S. The number of piperidine rings is 1. The van der Waals surface area contributed by atoms with Crippen LogP contribution in [0.25, 0.3) is 0 Å². The van der Waals surface area contributed by atoms with E-state index in [0.717, 1.165) is 0 Å². The molecule has 1 aromatic heterocycles. The van der Waals surface area contributed by atoms with Crippen molar-refractivity contribution in [1.29, 1.82) is 0 Å². The number of nitrogens with zero attached hydrogens (tertiary/aromatic N) is 1. The van der Waals surface area contributed by atoms with Crippen molar-refractivity contribution in [2.75, 3.05) is 26.0 Å². The Morgan fingerprint density at radius 1 is 1.33 bits per heavy atom. The minimum atomic E-state index is -3.22. The molecular weight excluding hydrogens is 338 g/mol. The van der Waals surface area contributed by atoms with Crippen molar-refractivity contribution in [3.05, 3.63) is 23.7 Å². The number of hydrogen-bond acceptors (Lipinski definition) is 7. The summed E-state index contributed by atoms with van der Waals surface area (Å²) in [5, 5.41) is 0. The number of sulfonamides is 1. The Morgan fingerprint density at radius 2 is 2.00 bits per heavy atom. The van der Waals surface area contributed by atoms with Crippen LogP contribution >= 0.6 is 0 Å². The van der Waals surface area contributed by atoms with Crippen molar-refractivity contribution in [2.24, 2.45) is 5.92 Å². The van der Waals surface area contributed by atoms with Crippen LogP contribution in [0.2, 0.25) is 0 Å².